The van der Waals surface area contributed by atoms with E-state index in [4.69, 9.17) is 8.42 Å². The monoisotopic (exact) mass is 338 g/mol. The Balaban J connectivity index is 0.000000555. The zero-order chi connectivity index (χ0) is 15.3. The predicted molar refractivity (Wildman–Crippen MR) is 63.4 cm³/mol. The zero-order valence-electron chi connectivity index (χ0n) is 9.24. The molecule has 0 N–H and O–H groups in total. The van der Waals surface area contributed by atoms with Gasteiger partial charge in [0, 0.05) is 21.4 Å². The molecule has 1 aromatic carbocycles. The van der Waals surface area contributed by atoms with Gasteiger partial charge in [-0.3, -0.25) is 0 Å². The van der Waals surface area contributed by atoms with Crippen molar-refractivity contribution in [2.24, 2.45) is 0 Å². The lowest BCUT2D eigenvalue weighted by Gasteiger charge is -2.07. The van der Waals surface area contributed by atoms with Crippen LogP contribution in [0.3, 0.4) is 0 Å². The average Bonchev–Trinajstić information content (AvgIpc) is 2.25. The van der Waals surface area contributed by atoms with Crippen molar-refractivity contribution >= 4 is 35.6 Å². The summed E-state index contributed by atoms with van der Waals surface area (Å²) in [5, 5.41) is 0. The van der Waals surface area contributed by atoms with Crippen molar-refractivity contribution in [3.8, 4) is 0 Å². The van der Waals surface area contributed by atoms with E-state index in [1.807, 2.05) is 0 Å². The molecule has 0 unspecified atom stereocenters. The third kappa shape index (κ3) is 8.68. The maximum atomic E-state index is 12.2. The van der Waals surface area contributed by atoms with Crippen LogP contribution in [0.15, 0.2) is 24.3 Å². The van der Waals surface area contributed by atoms with Crippen LogP contribution in [0.1, 0.15) is 15.9 Å². The Kier molecular flexibility index (Phi) is 6.61. The minimum Gasteiger partial charge on any atom is -0.465 e. The number of esters is 1. The third-order valence-corrected chi connectivity index (χ3v) is 1.61. The minimum absolute atomic E-state index is 0.109. The van der Waals surface area contributed by atoms with Gasteiger partial charge in [-0.2, -0.15) is 21.6 Å². The van der Waals surface area contributed by atoms with Crippen LogP contribution >= 0.6 is 21.4 Å². The Bertz CT molecular complexity index is 535. The molecule has 0 aliphatic rings. The highest BCUT2D eigenvalue weighted by molar-refractivity contribution is 8.31. The van der Waals surface area contributed by atoms with Gasteiger partial charge in [0.05, 0.1) is 18.2 Å². The predicted octanol–water partition coefficient (Wildman–Crippen LogP) is 3.20. The van der Waals surface area contributed by atoms with Gasteiger partial charge < -0.3 is 4.74 Å². The molecule has 0 aromatic heterocycles. The summed E-state index contributed by atoms with van der Waals surface area (Å²) in [5.41, 5.74) is -0.970. The van der Waals surface area contributed by atoms with E-state index in [1.165, 1.54) is 6.07 Å². The number of benzene rings is 1. The fourth-order valence-electron chi connectivity index (χ4n) is 0.940. The van der Waals surface area contributed by atoms with Crippen LogP contribution in [-0.2, 0) is 19.2 Å². The molecule has 0 aliphatic heterocycles. The Morgan fingerprint density at radius 1 is 1.26 bits per heavy atom. The number of ether oxygens (including phenoxy) is 1. The Morgan fingerprint density at radius 2 is 1.74 bits per heavy atom. The molecule has 19 heavy (non-hydrogen) atoms. The van der Waals surface area contributed by atoms with Gasteiger partial charge in [0.25, 0.3) is 0 Å². The van der Waals surface area contributed by atoms with Crippen molar-refractivity contribution < 1.29 is 31.1 Å². The quantitative estimate of drug-likeness (QED) is 0.582. The van der Waals surface area contributed by atoms with E-state index in [1.54, 1.807) is 0 Å². The molecule has 0 heterocycles. The summed E-state index contributed by atoms with van der Waals surface area (Å²) in [6, 6.07) is 4.08. The Labute approximate surface area is 116 Å². The summed E-state index contributed by atoms with van der Waals surface area (Å²) < 4.78 is 59.2. The van der Waals surface area contributed by atoms with Gasteiger partial charge in [0.2, 0.25) is 0 Å². The van der Waals surface area contributed by atoms with Crippen LogP contribution in [0, 0.1) is 0 Å². The van der Waals surface area contributed by atoms with Crippen LogP contribution in [0.4, 0.5) is 13.2 Å². The summed E-state index contributed by atoms with van der Waals surface area (Å²) in [6.07, 6.45) is -4.44. The fourth-order valence-corrected chi connectivity index (χ4v) is 0.940. The largest absolute Gasteiger partial charge is 0.465 e. The lowest BCUT2D eigenvalue weighted by molar-refractivity contribution is -0.137. The summed E-state index contributed by atoms with van der Waals surface area (Å²) in [5.74, 6) is -0.781. The molecular weight excluding hydrogens is 332 g/mol. The van der Waals surface area contributed by atoms with Gasteiger partial charge in [0.15, 0.2) is 0 Å². The molecule has 0 radical (unpaired) electrons. The maximum absolute atomic E-state index is 12.2. The first-order valence-electron chi connectivity index (χ1n) is 4.35. The van der Waals surface area contributed by atoms with Crippen molar-refractivity contribution in [3.63, 3.8) is 0 Å². The summed E-state index contributed by atoms with van der Waals surface area (Å²) >= 11 is 0. The number of rotatable bonds is 1. The first kappa shape index (κ1) is 18.0. The molecule has 0 saturated carbocycles. The molecule has 0 atom stereocenters. The van der Waals surface area contributed by atoms with Crippen LogP contribution in [-0.4, -0.2) is 21.5 Å². The van der Waals surface area contributed by atoms with Crippen LogP contribution < -0.4 is 0 Å². The normalized spacial score (nSPS) is 11.3. The van der Waals surface area contributed by atoms with E-state index >= 15 is 0 Å². The highest BCUT2D eigenvalue weighted by atomic mass is 36.0. The number of methoxy groups -OCH3 is 1. The summed E-state index contributed by atoms with van der Waals surface area (Å²) in [7, 11) is 5.93. The number of hydrogen-bond acceptors (Lipinski definition) is 4. The van der Waals surface area contributed by atoms with E-state index in [9.17, 15) is 18.0 Å². The highest BCUT2D eigenvalue weighted by Crippen LogP contribution is 2.29. The molecule has 10 heteroatoms. The second-order valence-corrected chi connectivity index (χ2v) is 6.62. The summed E-state index contributed by atoms with van der Waals surface area (Å²) in [4.78, 5) is 10.9. The molecule has 0 aliphatic carbocycles. The van der Waals surface area contributed by atoms with Gasteiger partial charge in [-0.15, -0.1) is 0 Å². The molecule has 0 bridgehead atoms. The first-order chi connectivity index (χ1) is 8.45. The van der Waals surface area contributed by atoms with Gasteiger partial charge in [-0.1, -0.05) is 6.07 Å². The second kappa shape index (κ2) is 6.97. The summed E-state index contributed by atoms with van der Waals surface area (Å²) in [6.45, 7) is 0. The van der Waals surface area contributed by atoms with Crippen LogP contribution in [0.25, 0.3) is 0 Å². The van der Waals surface area contributed by atoms with Crippen molar-refractivity contribution in [1.29, 1.82) is 0 Å². The zero-order valence-corrected chi connectivity index (χ0v) is 11.6. The van der Waals surface area contributed by atoms with E-state index in [-0.39, 0.29) is 5.56 Å². The molecule has 4 nitrogen and oxygen atoms in total. The Morgan fingerprint density at radius 3 is 2.11 bits per heavy atom. The standard InChI is InChI=1S/C9H7F3O2.Cl2O2S/c1-14-8(13)6-3-2-4-7(5-6)9(10,11)12;1-5(2,3)4/h2-5H,1H3;. The molecule has 108 valence electrons. The van der Waals surface area contributed by atoms with Gasteiger partial charge in [-0.25, -0.2) is 4.79 Å². The fraction of sp³-hybridized carbons (Fsp3) is 0.222. The molecule has 0 spiro atoms. The lowest BCUT2D eigenvalue weighted by atomic mass is 10.1. The molecule has 1 rings (SSSR count). The smallest absolute Gasteiger partial charge is 0.416 e. The molecule has 0 fully saturated rings. The Hall–Kier alpha value is -0.990. The van der Waals surface area contributed by atoms with Crippen molar-refractivity contribution in [2.45, 2.75) is 6.18 Å². The van der Waals surface area contributed by atoms with Crippen molar-refractivity contribution in [1.82, 2.24) is 0 Å². The molecular formula is C9H7Cl2F3O4S. The lowest BCUT2D eigenvalue weighted by Crippen LogP contribution is -2.08. The number of carbonyl (C=O) groups excluding carboxylic acids is 1. The minimum atomic E-state index is -4.44. The number of carbonyl (C=O) groups is 1. The van der Waals surface area contributed by atoms with Crippen LogP contribution in [0.2, 0.25) is 0 Å². The number of hydrogen-bond donors (Lipinski definition) is 0. The average molecular weight is 339 g/mol. The second-order valence-electron chi connectivity index (χ2n) is 2.95. The van der Waals surface area contributed by atoms with E-state index in [0.29, 0.717) is 0 Å². The van der Waals surface area contributed by atoms with Crippen molar-refractivity contribution in [2.75, 3.05) is 7.11 Å². The van der Waals surface area contributed by atoms with E-state index < -0.39 is 26.0 Å². The highest BCUT2D eigenvalue weighted by Gasteiger charge is 2.30. The molecule has 0 saturated heterocycles. The van der Waals surface area contributed by atoms with Gasteiger partial charge in [0.1, 0.15) is 0 Å². The van der Waals surface area contributed by atoms with Crippen molar-refractivity contribution in [3.05, 3.63) is 35.4 Å². The number of halogens is 5. The first-order valence-corrected chi connectivity index (χ1v) is 7.48. The maximum Gasteiger partial charge on any atom is 0.416 e. The van der Waals surface area contributed by atoms with Gasteiger partial charge in [-0.05, 0) is 18.2 Å². The topological polar surface area (TPSA) is 60.4 Å². The molecule has 0 amide bonds. The van der Waals surface area contributed by atoms with Gasteiger partial charge >= 0.3 is 20.4 Å². The SMILES string of the molecule is COC(=O)c1cccc(C(F)(F)F)c1.O=S(=O)(Cl)Cl. The van der Waals surface area contributed by atoms with E-state index in [2.05, 4.69) is 26.1 Å². The van der Waals surface area contributed by atoms with Crippen LogP contribution in [0.5, 0.6) is 0 Å². The van der Waals surface area contributed by atoms with E-state index in [0.717, 1.165) is 25.3 Å². The number of alkyl halides is 3. The third-order valence-electron chi connectivity index (χ3n) is 1.61. The molecule has 1 aromatic rings.